The normalized spacial score (nSPS) is 18.2. The molecule has 1 amide bonds. The zero-order valence-electron chi connectivity index (χ0n) is 12.7. The Morgan fingerprint density at radius 3 is 2.52 bits per heavy atom. The number of amides is 1. The molecule has 1 saturated carbocycles. The second-order valence-corrected chi connectivity index (χ2v) is 5.49. The van der Waals surface area contributed by atoms with E-state index >= 15 is 0 Å². The fourth-order valence-electron chi connectivity index (χ4n) is 2.21. The van der Waals surface area contributed by atoms with E-state index in [1.54, 1.807) is 0 Å². The number of aliphatic imine (C=N–C) groups is 1. The topological polar surface area (TPSA) is 65.5 Å². The smallest absolute Gasteiger partial charge is 0.220 e. The molecule has 21 heavy (non-hydrogen) atoms. The Hall–Kier alpha value is -0.790. The molecule has 2 aliphatic carbocycles. The highest BCUT2D eigenvalue weighted by atomic mass is 127. The molecule has 2 aliphatic rings. The Bertz CT molecular complexity index is 372. The van der Waals surface area contributed by atoms with Crippen LogP contribution in [-0.4, -0.2) is 37.0 Å². The number of nitrogens with zero attached hydrogens (tertiary/aromatic N) is 1. The van der Waals surface area contributed by atoms with Gasteiger partial charge in [-0.15, -0.1) is 24.0 Å². The lowest BCUT2D eigenvalue weighted by Gasteiger charge is -2.16. The molecule has 0 unspecified atom stereocenters. The minimum absolute atomic E-state index is 0. The molecular weight excluding hydrogens is 379 g/mol. The largest absolute Gasteiger partial charge is 0.357 e. The number of hydrogen-bond donors (Lipinski definition) is 3. The summed E-state index contributed by atoms with van der Waals surface area (Å²) < 4.78 is 0. The van der Waals surface area contributed by atoms with E-state index in [2.05, 4.69) is 40.0 Å². The molecular formula is C15H27IN4O. The van der Waals surface area contributed by atoms with Crippen LogP contribution in [0.4, 0.5) is 0 Å². The van der Waals surface area contributed by atoms with Crippen molar-refractivity contribution in [3.63, 3.8) is 0 Å². The summed E-state index contributed by atoms with van der Waals surface area (Å²) in [5, 5.41) is 9.67. The van der Waals surface area contributed by atoms with E-state index in [4.69, 9.17) is 0 Å². The minimum Gasteiger partial charge on any atom is -0.357 e. The maximum Gasteiger partial charge on any atom is 0.220 e. The van der Waals surface area contributed by atoms with Crippen molar-refractivity contribution in [3.8, 4) is 0 Å². The van der Waals surface area contributed by atoms with Gasteiger partial charge in [0.2, 0.25) is 5.91 Å². The summed E-state index contributed by atoms with van der Waals surface area (Å²) in [6, 6.07) is 0.922. The molecule has 0 saturated heterocycles. The van der Waals surface area contributed by atoms with Crippen LogP contribution in [0.5, 0.6) is 0 Å². The fourth-order valence-corrected chi connectivity index (χ4v) is 2.21. The van der Waals surface area contributed by atoms with Crippen LogP contribution in [0.15, 0.2) is 17.1 Å². The molecule has 0 bridgehead atoms. The van der Waals surface area contributed by atoms with E-state index in [9.17, 15) is 4.79 Å². The minimum atomic E-state index is 0. The summed E-state index contributed by atoms with van der Waals surface area (Å²) >= 11 is 0. The molecule has 0 aromatic carbocycles. The zero-order valence-corrected chi connectivity index (χ0v) is 15.1. The summed E-state index contributed by atoms with van der Waals surface area (Å²) in [4.78, 5) is 16.1. The summed E-state index contributed by atoms with van der Waals surface area (Å²) in [7, 11) is 0. The summed E-state index contributed by atoms with van der Waals surface area (Å²) in [6.07, 6.45) is 10.2. The highest BCUT2D eigenvalue weighted by Crippen LogP contribution is 2.18. The first kappa shape index (κ1) is 18.3. The Kier molecular flexibility index (Phi) is 8.72. The molecule has 0 aromatic rings. The Balaban J connectivity index is 0.00000220. The van der Waals surface area contributed by atoms with Crippen LogP contribution in [0.3, 0.4) is 0 Å². The van der Waals surface area contributed by atoms with Crippen LogP contribution in [0.2, 0.25) is 0 Å². The first-order chi connectivity index (χ1) is 9.78. The van der Waals surface area contributed by atoms with E-state index in [1.165, 1.54) is 0 Å². The highest BCUT2D eigenvalue weighted by Gasteiger charge is 2.22. The standard InChI is InChI=1S/C15H26N4O.HI/c1-2-16-15(19-12-6-3-4-7-12)17-11-5-8-14(20)18-13-9-10-13;/h3-4,12-13H,2,5-11H2,1H3,(H,18,20)(H2,16,17,19);1H. The lowest BCUT2D eigenvalue weighted by molar-refractivity contribution is -0.121. The van der Waals surface area contributed by atoms with Crippen LogP contribution < -0.4 is 16.0 Å². The SMILES string of the molecule is CCNC(=NCCCC(=O)NC1CC1)NC1CC=CC1.I. The number of guanidine groups is 1. The van der Waals surface area contributed by atoms with Gasteiger partial charge in [0.25, 0.3) is 0 Å². The van der Waals surface area contributed by atoms with Gasteiger partial charge in [0, 0.05) is 31.6 Å². The van der Waals surface area contributed by atoms with E-state index in [1.807, 2.05) is 0 Å². The van der Waals surface area contributed by atoms with Gasteiger partial charge in [-0.25, -0.2) is 0 Å². The maximum atomic E-state index is 11.5. The lowest BCUT2D eigenvalue weighted by Crippen LogP contribution is -2.42. The quantitative estimate of drug-likeness (QED) is 0.199. The van der Waals surface area contributed by atoms with Crippen molar-refractivity contribution in [1.29, 1.82) is 0 Å². The summed E-state index contributed by atoms with van der Waals surface area (Å²) in [5.41, 5.74) is 0. The predicted molar refractivity (Wildman–Crippen MR) is 97.1 cm³/mol. The van der Waals surface area contributed by atoms with Crippen molar-refractivity contribution in [1.82, 2.24) is 16.0 Å². The number of nitrogens with one attached hydrogen (secondary N) is 3. The lowest BCUT2D eigenvalue weighted by atomic mass is 10.2. The molecule has 0 atom stereocenters. The van der Waals surface area contributed by atoms with Gasteiger partial charge in [-0.1, -0.05) is 12.2 Å². The van der Waals surface area contributed by atoms with Gasteiger partial charge in [-0.05, 0) is 39.0 Å². The predicted octanol–water partition coefficient (Wildman–Crippen LogP) is 1.94. The molecule has 0 aliphatic heterocycles. The van der Waals surface area contributed by atoms with Crippen LogP contribution in [0, 0.1) is 0 Å². The van der Waals surface area contributed by atoms with Crippen molar-refractivity contribution < 1.29 is 4.79 Å². The van der Waals surface area contributed by atoms with E-state index in [0.29, 0.717) is 25.0 Å². The third-order valence-electron chi connectivity index (χ3n) is 3.47. The van der Waals surface area contributed by atoms with Crippen molar-refractivity contribution in [2.75, 3.05) is 13.1 Å². The second-order valence-electron chi connectivity index (χ2n) is 5.49. The number of rotatable bonds is 7. The van der Waals surface area contributed by atoms with Gasteiger partial charge >= 0.3 is 0 Å². The average molecular weight is 406 g/mol. The van der Waals surface area contributed by atoms with Crippen molar-refractivity contribution in [3.05, 3.63) is 12.2 Å². The van der Waals surface area contributed by atoms with Gasteiger partial charge in [-0.2, -0.15) is 0 Å². The highest BCUT2D eigenvalue weighted by molar-refractivity contribution is 14.0. The molecule has 6 heteroatoms. The van der Waals surface area contributed by atoms with Crippen molar-refractivity contribution >= 4 is 35.8 Å². The third kappa shape index (κ3) is 7.68. The molecule has 3 N–H and O–H groups in total. The molecule has 0 heterocycles. The van der Waals surface area contributed by atoms with Gasteiger partial charge in [0.1, 0.15) is 0 Å². The third-order valence-corrected chi connectivity index (χ3v) is 3.47. The molecule has 0 spiro atoms. The molecule has 0 aromatic heterocycles. The number of hydrogen-bond acceptors (Lipinski definition) is 2. The maximum absolute atomic E-state index is 11.5. The number of halogens is 1. The fraction of sp³-hybridized carbons (Fsp3) is 0.733. The van der Waals surface area contributed by atoms with Crippen LogP contribution in [-0.2, 0) is 4.79 Å². The molecule has 1 fully saturated rings. The molecule has 120 valence electrons. The van der Waals surface area contributed by atoms with E-state index in [-0.39, 0.29) is 29.9 Å². The van der Waals surface area contributed by atoms with Crippen molar-refractivity contribution in [2.24, 2.45) is 4.99 Å². The number of carbonyl (C=O) groups is 1. The van der Waals surface area contributed by atoms with Gasteiger partial charge < -0.3 is 16.0 Å². The second kappa shape index (κ2) is 10.0. The first-order valence-electron chi connectivity index (χ1n) is 7.77. The number of carbonyl (C=O) groups excluding carboxylic acids is 1. The zero-order chi connectivity index (χ0) is 14.2. The molecule has 2 rings (SSSR count). The van der Waals surface area contributed by atoms with Crippen LogP contribution in [0.1, 0.15) is 45.4 Å². The average Bonchev–Trinajstić information content (AvgIpc) is 3.08. The van der Waals surface area contributed by atoms with Gasteiger partial charge in [-0.3, -0.25) is 9.79 Å². The monoisotopic (exact) mass is 406 g/mol. The Labute approximate surface area is 144 Å². The van der Waals surface area contributed by atoms with Crippen LogP contribution in [0.25, 0.3) is 0 Å². The Morgan fingerprint density at radius 2 is 1.90 bits per heavy atom. The first-order valence-corrected chi connectivity index (χ1v) is 7.77. The van der Waals surface area contributed by atoms with Crippen molar-refractivity contribution in [2.45, 2.75) is 57.5 Å². The van der Waals surface area contributed by atoms with Gasteiger partial charge in [0.05, 0.1) is 0 Å². The van der Waals surface area contributed by atoms with E-state index < -0.39 is 0 Å². The molecule has 5 nitrogen and oxygen atoms in total. The van der Waals surface area contributed by atoms with Gasteiger partial charge in [0.15, 0.2) is 5.96 Å². The summed E-state index contributed by atoms with van der Waals surface area (Å²) in [6.45, 7) is 3.61. The Morgan fingerprint density at radius 1 is 1.19 bits per heavy atom. The summed E-state index contributed by atoms with van der Waals surface area (Å²) in [5.74, 6) is 1.03. The molecule has 0 radical (unpaired) electrons. The van der Waals surface area contributed by atoms with Crippen LogP contribution >= 0.6 is 24.0 Å². The van der Waals surface area contributed by atoms with E-state index in [0.717, 1.165) is 44.6 Å².